The molecule has 0 aromatic carbocycles. The van der Waals surface area contributed by atoms with Gasteiger partial charge in [-0.1, -0.05) is 22.9 Å². The summed E-state index contributed by atoms with van der Waals surface area (Å²) in [5, 5.41) is 1.24. The van der Waals surface area contributed by atoms with Crippen LogP contribution in [-0.4, -0.2) is 14.5 Å². The van der Waals surface area contributed by atoms with Crippen molar-refractivity contribution >= 4 is 39.8 Å². The zero-order valence-electron chi connectivity index (χ0n) is 7.98. The Morgan fingerprint density at radius 3 is 2.87 bits per heavy atom. The van der Waals surface area contributed by atoms with Gasteiger partial charge in [-0.2, -0.15) is 0 Å². The lowest BCUT2D eigenvalue weighted by Crippen LogP contribution is -1.95. The topological polar surface area (TPSA) is 56.7 Å². The standard InChI is InChI=1S/C8H9ClN4S2/c1-13-5(9)2-11-6(13)4-14-7-3-12-8(10)15-7/h2-3H,4H2,1H3,(H2,10,12). The number of anilines is 1. The van der Waals surface area contributed by atoms with Crippen molar-refractivity contribution < 1.29 is 0 Å². The van der Waals surface area contributed by atoms with Gasteiger partial charge in [0.25, 0.3) is 0 Å². The molecule has 80 valence electrons. The van der Waals surface area contributed by atoms with Gasteiger partial charge in [0.05, 0.1) is 22.4 Å². The fraction of sp³-hybridized carbons (Fsp3) is 0.250. The van der Waals surface area contributed by atoms with Gasteiger partial charge >= 0.3 is 0 Å². The van der Waals surface area contributed by atoms with Crippen LogP contribution in [0.3, 0.4) is 0 Å². The molecule has 0 amide bonds. The Bertz CT molecular complexity index is 465. The summed E-state index contributed by atoms with van der Waals surface area (Å²) >= 11 is 9.01. The lowest BCUT2D eigenvalue weighted by atomic mass is 10.7. The number of halogens is 1. The predicted molar refractivity (Wildman–Crippen MR) is 64.3 cm³/mol. The Labute approximate surface area is 100 Å². The van der Waals surface area contributed by atoms with E-state index in [0.717, 1.165) is 15.8 Å². The van der Waals surface area contributed by atoms with Crippen molar-refractivity contribution in [1.82, 2.24) is 14.5 Å². The summed E-state index contributed by atoms with van der Waals surface area (Å²) in [4.78, 5) is 8.18. The molecule has 2 aromatic heterocycles. The Morgan fingerprint density at radius 2 is 2.33 bits per heavy atom. The molecule has 0 aliphatic carbocycles. The maximum atomic E-state index is 5.88. The molecule has 0 saturated carbocycles. The second-order valence-corrected chi connectivity index (χ2v) is 5.59. The number of nitrogens with zero attached hydrogens (tertiary/aromatic N) is 3. The highest BCUT2D eigenvalue weighted by Crippen LogP contribution is 2.29. The molecule has 15 heavy (non-hydrogen) atoms. The van der Waals surface area contributed by atoms with Gasteiger partial charge in [0.1, 0.15) is 11.0 Å². The van der Waals surface area contributed by atoms with E-state index in [9.17, 15) is 0 Å². The fourth-order valence-electron chi connectivity index (χ4n) is 1.03. The average molecular weight is 261 g/mol. The maximum Gasteiger partial charge on any atom is 0.181 e. The van der Waals surface area contributed by atoms with Gasteiger partial charge in [0.15, 0.2) is 5.13 Å². The second kappa shape index (κ2) is 4.42. The van der Waals surface area contributed by atoms with Gasteiger partial charge in [-0.25, -0.2) is 9.97 Å². The number of hydrogen-bond acceptors (Lipinski definition) is 5. The zero-order chi connectivity index (χ0) is 10.8. The van der Waals surface area contributed by atoms with Gasteiger partial charge in [-0.3, -0.25) is 0 Å². The number of hydrogen-bond donors (Lipinski definition) is 1. The SMILES string of the molecule is Cn1c(Cl)cnc1CSc1cnc(N)s1. The van der Waals surface area contributed by atoms with Gasteiger partial charge < -0.3 is 10.3 Å². The van der Waals surface area contributed by atoms with Gasteiger partial charge in [-0.05, 0) is 0 Å². The van der Waals surface area contributed by atoms with Crippen molar-refractivity contribution in [3.8, 4) is 0 Å². The van der Waals surface area contributed by atoms with E-state index in [1.165, 1.54) is 11.3 Å². The van der Waals surface area contributed by atoms with Crippen LogP contribution in [0.2, 0.25) is 5.15 Å². The lowest BCUT2D eigenvalue weighted by molar-refractivity contribution is 0.850. The predicted octanol–water partition coefficient (Wildman–Crippen LogP) is 2.40. The summed E-state index contributed by atoms with van der Waals surface area (Å²) in [6.07, 6.45) is 3.42. The highest BCUT2D eigenvalue weighted by atomic mass is 35.5. The first-order valence-corrected chi connectivity index (χ1v) is 6.35. The molecule has 2 rings (SSSR count). The molecule has 0 bridgehead atoms. The molecule has 0 fully saturated rings. The third-order valence-corrected chi connectivity index (χ3v) is 4.24. The molecule has 0 spiro atoms. The summed E-state index contributed by atoms with van der Waals surface area (Å²) in [5.41, 5.74) is 5.53. The van der Waals surface area contributed by atoms with Crippen molar-refractivity contribution in [2.24, 2.45) is 7.05 Å². The number of nitrogens with two attached hydrogens (primary N) is 1. The number of rotatable bonds is 3. The number of thiazole rings is 1. The molecule has 0 aliphatic heterocycles. The van der Waals surface area contributed by atoms with Crippen molar-refractivity contribution in [2.75, 3.05) is 5.73 Å². The zero-order valence-corrected chi connectivity index (χ0v) is 10.4. The second-order valence-electron chi connectivity index (χ2n) is 2.86. The van der Waals surface area contributed by atoms with Crippen LogP contribution in [0.15, 0.2) is 16.6 Å². The number of nitrogen functional groups attached to an aromatic ring is 1. The Hall–Kier alpha value is -0.720. The van der Waals surface area contributed by atoms with E-state index in [-0.39, 0.29) is 0 Å². The van der Waals surface area contributed by atoms with E-state index in [1.54, 1.807) is 24.2 Å². The van der Waals surface area contributed by atoms with Crippen molar-refractivity contribution in [1.29, 1.82) is 0 Å². The lowest BCUT2D eigenvalue weighted by Gasteiger charge is -2.00. The number of aromatic nitrogens is 3. The summed E-state index contributed by atoms with van der Waals surface area (Å²) in [5.74, 6) is 1.71. The molecule has 0 aliphatic rings. The Kier molecular flexibility index (Phi) is 3.18. The minimum atomic E-state index is 0.593. The average Bonchev–Trinajstić information content (AvgIpc) is 2.74. The van der Waals surface area contributed by atoms with Crippen LogP contribution >= 0.6 is 34.7 Å². The van der Waals surface area contributed by atoms with Gasteiger partial charge in [0.2, 0.25) is 0 Å². The smallest absolute Gasteiger partial charge is 0.181 e. The molecular weight excluding hydrogens is 252 g/mol. The van der Waals surface area contributed by atoms with E-state index < -0.39 is 0 Å². The Balaban J connectivity index is 2.02. The normalized spacial score (nSPS) is 10.8. The van der Waals surface area contributed by atoms with Crippen molar-refractivity contribution in [3.63, 3.8) is 0 Å². The monoisotopic (exact) mass is 260 g/mol. The van der Waals surface area contributed by atoms with Crippen LogP contribution in [0.5, 0.6) is 0 Å². The van der Waals surface area contributed by atoms with E-state index >= 15 is 0 Å². The van der Waals surface area contributed by atoms with Gasteiger partial charge in [-0.15, -0.1) is 11.8 Å². The highest BCUT2D eigenvalue weighted by molar-refractivity contribution is 8.00. The molecule has 4 nitrogen and oxygen atoms in total. The molecule has 0 unspecified atom stereocenters. The van der Waals surface area contributed by atoms with Crippen LogP contribution < -0.4 is 5.73 Å². The van der Waals surface area contributed by atoms with Crippen molar-refractivity contribution in [2.45, 2.75) is 9.96 Å². The molecule has 0 radical (unpaired) electrons. The first kappa shape index (κ1) is 10.8. The summed E-state index contributed by atoms with van der Waals surface area (Å²) in [6, 6.07) is 0. The third-order valence-electron chi connectivity index (χ3n) is 1.87. The van der Waals surface area contributed by atoms with E-state index in [1.807, 2.05) is 11.6 Å². The fourth-order valence-corrected chi connectivity index (χ4v) is 2.93. The minimum Gasteiger partial charge on any atom is -0.375 e. The van der Waals surface area contributed by atoms with E-state index in [4.69, 9.17) is 17.3 Å². The molecular formula is C8H9ClN4S2. The molecule has 7 heteroatoms. The van der Waals surface area contributed by atoms with Crippen LogP contribution in [0.4, 0.5) is 5.13 Å². The quantitative estimate of drug-likeness (QED) is 0.861. The molecule has 2 N–H and O–H groups in total. The van der Waals surface area contributed by atoms with E-state index in [2.05, 4.69) is 9.97 Å². The van der Waals surface area contributed by atoms with E-state index in [0.29, 0.717) is 10.3 Å². The summed E-state index contributed by atoms with van der Waals surface area (Å²) in [6.45, 7) is 0. The molecule has 0 atom stereocenters. The minimum absolute atomic E-state index is 0.593. The molecule has 2 heterocycles. The first-order chi connectivity index (χ1) is 7.16. The largest absolute Gasteiger partial charge is 0.375 e. The summed E-state index contributed by atoms with van der Waals surface area (Å²) < 4.78 is 2.95. The van der Waals surface area contributed by atoms with Crippen LogP contribution in [0.1, 0.15) is 5.82 Å². The first-order valence-electron chi connectivity index (χ1n) is 4.17. The van der Waals surface area contributed by atoms with Crippen LogP contribution in [-0.2, 0) is 12.8 Å². The molecule has 2 aromatic rings. The summed E-state index contributed by atoms with van der Waals surface area (Å²) in [7, 11) is 1.90. The number of imidazole rings is 1. The van der Waals surface area contributed by atoms with Gasteiger partial charge in [0, 0.05) is 7.05 Å². The van der Waals surface area contributed by atoms with Crippen molar-refractivity contribution in [3.05, 3.63) is 23.4 Å². The van der Waals surface area contributed by atoms with Crippen LogP contribution in [0, 0.1) is 0 Å². The third kappa shape index (κ3) is 2.45. The van der Waals surface area contributed by atoms with Crippen LogP contribution in [0.25, 0.3) is 0 Å². The number of thioether (sulfide) groups is 1. The maximum absolute atomic E-state index is 5.88. The molecule has 0 saturated heterocycles. The Morgan fingerprint density at radius 1 is 1.53 bits per heavy atom. The highest BCUT2D eigenvalue weighted by Gasteiger charge is 2.06.